The number of ether oxygens (including phenoxy) is 1. The van der Waals surface area contributed by atoms with Gasteiger partial charge in [-0.2, -0.15) is 0 Å². The summed E-state index contributed by atoms with van der Waals surface area (Å²) in [6.45, 7) is 4.93. The van der Waals surface area contributed by atoms with Gasteiger partial charge in [-0.1, -0.05) is 275 Å². The van der Waals surface area contributed by atoms with E-state index in [0.717, 1.165) is 51.4 Å². The van der Waals surface area contributed by atoms with Crippen LogP contribution in [-0.4, -0.2) is 47.4 Å². The molecule has 0 aromatic rings. The average molecular weight is 985 g/mol. The molecule has 6 nitrogen and oxygen atoms in total. The van der Waals surface area contributed by atoms with Crippen LogP contribution in [0.3, 0.4) is 0 Å². The first-order chi connectivity index (χ1) is 34.5. The third-order valence-corrected chi connectivity index (χ3v) is 14.4. The van der Waals surface area contributed by atoms with Crippen LogP contribution in [0.25, 0.3) is 0 Å². The first-order valence-electron chi connectivity index (χ1n) is 31.2. The van der Waals surface area contributed by atoms with E-state index in [-0.39, 0.29) is 18.5 Å². The Morgan fingerprint density at radius 1 is 0.400 bits per heavy atom. The van der Waals surface area contributed by atoms with Crippen LogP contribution in [0.4, 0.5) is 0 Å². The lowest BCUT2D eigenvalue weighted by atomic mass is 10.0. The zero-order valence-electron chi connectivity index (χ0n) is 47.0. The summed E-state index contributed by atoms with van der Waals surface area (Å²) in [5.74, 6) is -0.0366. The molecular formula is C64H121NO5. The van der Waals surface area contributed by atoms with Crippen LogP contribution in [0.15, 0.2) is 36.5 Å². The quantitative estimate of drug-likeness (QED) is 0.0321. The fraction of sp³-hybridized carbons (Fsp3) is 0.875. The Hall–Kier alpha value is -1.92. The monoisotopic (exact) mass is 984 g/mol. The number of allylic oxidation sites excluding steroid dienone is 6. The highest BCUT2D eigenvalue weighted by Gasteiger charge is 2.20. The van der Waals surface area contributed by atoms with Crippen LogP contribution in [0.5, 0.6) is 0 Å². The molecule has 0 spiro atoms. The van der Waals surface area contributed by atoms with Crippen molar-refractivity contribution in [2.45, 2.75) is 347 Å². The molecule has 1 amide bonds. The number of nitrogens with one attached hydrogen (secondary N) is 1. The lowest BCUT2D eigenvalue weighted by Gasteiger charge is -2.22. The van der Waals surface area contributed by atoms with Crippen LogP contribution < -0.4 is 5.32 Å². The van der Waals surface area contributed by atoms with Crippen molar-refractivity contribution in [2.24, 2.45) is 0 Å². The highest BCUT2D eigenvalue weighted by molar-refractivity contribution is 5.76. The summed E-state index contributed by atoms with van der Waals surface area (Å²) in [7, 11) is 0. The number of aliphatic hydroxyl groups excluding tert-OH is 2. The summed E-state index contributed by atoms with van der Waals surface area (Å²) in [5.41, 5.74) is 0. The summed E-state index contributed by atoms with van der Waals surface area (Å²) in [5, 5.41) is 23.2. The first-order valence-corrected chi connectivity index (χ1v) is 31.2. The van der Waals surface area contributed by atoms with E-state index in [2.05, 4.69) is 55.6 Å². The van der Waals surface area contributed by atoms with E-state index in [9.17, 15) is 19.8 Å². The van der Waals surface area contributed by atoms with Gasteiger partial charge in [0.05, 0.1) is 25.4 Å². The maximum Gasteiger partial charge on any atom is 0.305 e. The molecule has 0 fully saturated rings. The van der Waals surface area contributed by atoms with Gasteiger partial charge in [-0.3, -0.25) is 9.59 Å². The average Bonchev–Trinajstić information content (AvgIpc) is 3.36. The van der Waals surface area contributed by atoms with E-state index in [4.69, 9.17) is 4.74 Å². The highest BCUT2D eigenvalue weighted by Crippen LogP contribution is 2.17. The number of carbonyl (C=O) groups excluding carboxylic acids is 2. The maximum absolute atomic E-state index is 12.4. The van der Waals surface area contributed by atoms with Gasteiger partial charge in [-0.05, 0) is 83.5 Å². The standard InChI is InChI=1S/C64H121NO5/c1-3-5-7-9-11-13-15-16-17-31-34-38-42-46-50-54-58-64(69)70-59-55-51-47-43-39-35-32-29-27-25-23-21-19-18-20-22-24-26-28-30-33-37-41-45-49-53-57-63(68)65-61(60-66)62(67)56-52-48-44-40-36-14-12-10-8-6-4-2/h13,15,17-18,20,31,61-62,66-67H,3-12,14,16,19,21-30,32-60H2,1-2H3,(H,65,68)/b15-13-,20-18-,31-17-. The summed E-state index contributed by atoms with van der Waals surface area (Å²) in [4.78, 5) is 24.5. The molecule has 412 valence electrons. The molecule has 0 aromatic carbocycles. The molecule has 2 atom stereocenters. The van der Waals surface area contributed by atoms with Gasteiger partial charge >= 0.3 is 5.97 Å². The Morgan fingerprint density at radius 3 is 1.11 bits per heavy atom. The largest absolute Gasteiger partial charge is 0.466 e. The van der Waals surface area contributed by atoms with Crippen LogP contribution in [0.1, 0.15) is 335 Å². The van der Waals surface area contributed by atoms with Crippen molar-refractivity contribution < 1.29 is 24.5 Å². The zero-order valence-corrected chi connectivity index (χ0v) is 47.0. The summed E-state index contributed by atoms with van der Waals surface area (Å²) in [6, 6.07) is -0.542. The van der Waals surface area contributed by atoms with Crippen LogP contribution >= 0.6 is 0 Å². The Balaban J connectivity index is 3.38. The minimum Gasteiger partial charge on any atom is -0.466 e. The zero-order chi connectivity index (χ0) is 50.7. The molecule has 0 heterocycles. The van der Waals surface area contributed by atoms with Gasteiger partial charge in [0.1, 0.15) is 0 Å². The molecule has 0 aromatic heterocycles. The second kappa shape index (κ2) is 59.6. The molecule has 0 rings (SSSR count). The fourth-order valence-corrected chi connectivity index (χ4v) is 9.61. The number of carbonyl (C=O) groups is 2. The molecule has 0 aliphatic carbocycles. The number of esters is 1. The Morgan fingerprint density at radius 2 is 0.714 bits per heavy atom. The third kappa shape index (κ3) is 55.4. The summed E-state index contributed by atoms with van der Waals surface area (Å²) in [6.07, 6.45) is 74.5. The van der Waals surface area contributed by atoms with Crippen LogP contribution in [0, 0.1) is 0 Å². The molecule has 0 saturated carbocycles. The predicted molar refractivity (Wildman–Crippen MR) is 306 cm³/mol. The summed E-state index contributed by atoms with van der Waals surface area (Å²) >= 11 is 0. The molecule has 6 heteroatoms. The van der Waals surface area contributed by atoms with Crippen molar-refractivity contribution in [3.05, 3.63) is 36.5 Å². The smallest absolute Gasteiger partial charge is 0.305 e. The molecule has 0 aliphatic heterocycles. The molecule has 3 N–H and O–H groups in total. The molecule has 70 heavy (non-hydrogen) atoms. The van der Waals surface area contributed by atoms with Crippen molar-refractivity contribution in [2.75, 3.05) is 13.2 Å². The Labute approximate surface area is 436 Å². The number of hydrogen-bond acceptors (Lipinski definition) is 5. The summed E-state index contributed by atoms with van der Waals surface area (Å²) < 4.78 is 5.48. The van der Waals surface area contributed by atoms with E-state index < -0.39 is 12.1 Å². The van der Waals surface area contributed by atoms with Gasteiger partial charge in [-0.15, -0.1) is 0 Å². The van der Waals surface area contributed by atoms with Crippen molar-refractivity contribution >= 4 is 11.9 Å². The van der Waals surface area contributed by atoms with Gasteiger partial charge in [0, 0.05) is 12.8 Å². The van der Waals surface area contributed by atoms with Gasteiger partial charge in [0.25, 0.3) is 0 Å². The number of rotatable bonds is 58. The van der Waals surface area contributed by atoms with Crippen molar-refractivity contribution in [1.82, 2.24) is 5.32 Å². The van der Waals surface area contributed by atoms with Crippen molar-refractivity contribution in [1.29, 1.82) is 0 Å². The van der Waals surface area contributed by atoms with E-state index in [0.29, 0.717) is 25.9 Å². The topological polar surface area (TPSA) is 95.9 Å². The van der Waals surface area contributed by atoms with E-state index in [1.54, 1.807) is 0 Å². The minimum absolute atomic E-state index is 0.000777. The highest BCUT2D eigenvalue weighted by atomic mass is 16.5. The third-order valence-electron chi connectivity index (χ3n) is 14.4. The van der Waals surface area contributed by atoms with Crippen LogP contribution in [-0.2, 0) is 14.3 Å². The lowest BCUT2D eigenvalue weighted by Crippen LogP contribution is -2.45. The van der Waals surface area contributed by atoms with Crippen molar-refractivity contribution in [3.63, 3.8) is 0 Å². The number of amides is 1. The Bertz CT molecular complexity index is 1130. The maximum atomic E-state index is 12.4. The minimum atomic E-state index is -0.664. The number of unbranched alkanes of at least 4 members (excludes halogenated alkanes) is 41. The second-order valence-corrected chi connectivity index (χ2v) is 21.4. The van der Waals surface area contributed by atoms with Gasteiger partial charge < -0.3 is 20.3 Å². The van der Waals surface area contributed by atoms with E-state index >= 15 is 0 Å². The molecule has 0 aliphatic rings. The van der Waals surface area contributed by atoms with Crippen LogP contribution in [0.2, 0.25) is 0 Å². The second-order valence-electron chi connectivity index (χ2n) is 21.4. The van der Waals surface area contributed by atoms with Gasteiger partial charge in [0.2, 0.25) is 5.91 Å². The normalized spacial score (nSPS) is 12.8. The predicted octanol–water partition coefficient (Wildman–Crippen LogP) is 19.6. The Kier molecular flexibility index (Phi) is 58.0. The molecule has 2 unspecified atom stereocenters. The number of hydrogen-bond donors (Lipinski definition) is 3. The van der Waals surface area contributed by atoms with E-state index in [1.165, 1.54) is 250 Å². The molecule has 0 radical (unpaired) electrons. The van der Waals surface area contributed by atoms with Gasteiger partial charge in [0.15, 0.2) is 0 Å². The molecule has 0 saturated heterocycles. The fourth-order valence-electron chi connectivity index (χ4n) is 9.61. The molecule has 0 bridgehead atoms. The van der Waals surface area contributed by atoms with E-state index in [1.807, 2.05) is 0 Å². The first kappa shape index (κ1) is 68.1. The molecular weight excluding hydrogens is 863 g/mol. The lowest BCUT2D eigenvalue weighted by molar-refractivity contribution is -0.143. The SMILES string of the molecule is CCCCCC/C=C\C/C=C\CCCCCCCC(=O)OCCCCCCCCCCCCCC/C=C\CCCCCCCCCCCCC(=O)NC(CO)C(O)CCCCCCCCCCCCC. The van der Waals surface area contributed by atoms with Crippen molar-refractivity contribution in [3.8, 4) is 0 Å². The van der Waals surface area contributed by atoms with Gasteiger partial charge in [-0.25, -0.2) is 0 Å². The number of aliphatic hydroxyl groups is 2.